The summed E-state index contributed by atoms with van der Waals surface area (Å²) < 4.78 is 5.12. The van der Waals surface area contributed by atoms with Crippen molar-refractivity contribution in [3.63, 3.8) is 0 Å². The van der Waals surface area contributed by atoms with E-state index in [9.17, 15) is 9.59 Å². The largest absolute Gasteiger partial charge is 0.481 e. The molecular formula is C15H28N2O4. The van der Waals surface area contributed by atoms with Crippen LogP contribution >= 0.6 is 0 Å². The topological polar surface area (TPSA) is 78.9 Å². The van der Waals surface area contributed by atoms with Crippen LogP contribution in [0.5, 0.6) is 0 Å². The van der Waals surface area contributed by atoms with Crippen molar-refractivity contribution in [1.29, 1.82) is 0 Å². The lowest BCUT2D eigenvalue weighted by Gasteiger charge is -2.19. The molecule has 0 aromatic carbocycles. The van der Waals surface area contributed by atoms with Gasteiger partial charge in [0.05, 0.1) is 6.61 Å². The van der Waals surface area contributed by atoms with Gasteiger partial charge in [0.2, 0.25) is 0 Å². The highest BCUT2D eigenvalue weighted by molar-refractivity contribution is 5.74. The van der Waals surface area contributed by atoms with Gasteiger partial charge in [-0.15, -0.1) is 0 Å². The van der Waals surface area contributed by atoms with Crippen LogP contribution in [0.15, 0.2) is 0 Å². The third-order valence-corrected chi connectivity index (χ3v) is 4.15. The van der Waals surface area contributed by atoms with E-state index in [1.807, 2.05) is 4.90 Å². The highest BCUT2D eigenvalue weighted by Crippen LogP contribution is 2.17. The van der Waals surface area contributed by atoms with Gasteiger partial charge in [0.25, 0.3) is 0 Å². The lowest BCUT2D eigenvalue weighted by Crippen LogP contribution is -2.39. The SMILES string of the molecule is CCC(CCNC(=O)N1CCC(COC)C1)CCC(=O)O. The Morgan fingerprint density at radius 3 is 2.81 bits per heavy atom. The minimum atomic E-state index is -0.751. The predicted octanol–water partition coefficient (Wildman–Crippen LogP) is 1.95. The van der Waals surface area contributed by atoms with Crippen molar-refractivity contribution < 1.29 is 19.4 Å². The molecule has 1 rings (SSSR count). The lowest BCUT2D eigenvalue weighted by atomic mass is 9.97. The molecule has 0 aromatic heterocycles. The summed E-state index contributed by atoms with van der Waals surface area (Å²) in [4.78, 5) is 24.4. The Balaban J connectivity index is 2.19. The maximum absolute atomic E-state index is 12.0. The van der Waals surface area contributed by atoms with Crippen molar-refractivity contribution >= 4 is 12.0 Å². The zero-order valence-corrected chi connectivity index (χ0v) is 13.1. The number of hydrogen-bond donors (Lipinski definition) is 2. The molecule has 0 spiro atoms. The van der Waals surface area contributed by atoms with E-state index in [2.05, 4.69) is 12.2 Å². The van der Waals surface area contributed by atoms with Crippen LogP contribution in [0, 0.1) is 11.8 Å². The normalized spacial score (nSPS) is 19.5. The molecule has 1 heterocycles. The van der Waals surface area contributed by atoms with Gasteiger partial charge in [-0.1, -0.05) is 13.3 Å². The van der Waals surface area contributed by atoms with Gasteiger partial charge in [0.1, 0.15) is 0 Å². The summed E-state index contributed by atoms with van der Waals surface area (Å²) in [7, 11) is 1.69. The molecule has 122 valence electrons. The lowest BCUT2D eigenvalue weighted by molar-refractivity contribution is -0.137. The number of nitrogens with zero attached hydrogens (tertiary/aromatic N) is 1. The van der Waals surface area contributed by atoms with Crippen LogP contribution in [-0.4, -0.2) is 55.4 Å². The number of urea groups is 1. The average Bonchev–Trinajstić information content (AvgIpc) is 2.91. The number of likely N-dealkylation sites (tertiary alicyclic amines) is 1. The first-order valence-electron chi connectivity index (χ1n) is 7.80. The van der Waals surface area contributed by atoms with Crippen LogP contribution in [0.4, 0.5) is 4.79 Å². The molecule has 6 nitrogen and oxygen atoms in total. The van der Waals surface area contributed by atoms with E-state index in [1.165, 1.54) is 0 Å². The summed E-state index contributed by atoms with van der Waals surface area (Å²) in [6.45, 7) is 4.93. The van der Waals surface area contributed by atoms with E-state index in [1.54, 1.807) is 7.11 Å². The van der Waals surface area contributed by atoms with Gasteiger partial charge in [0, 0.05) is 39.1 Å². The molecular weight excluding hydrogens is 272 g/mol. The second kappa shape index (κ2) is 9.60. The molecule has 0 bridgehead atoms. The van der Waals surface area contributed by atoms with Crippen molar-refractivity contribution in [2.24, 2.45) is 11.8 Å². The highest BCUT2D eigenvalue weighted by atomic mass is 16.5. The Hall–Kier alpha value is -1.30. The molecule has 0 aromatic rings. The molecule has 2 atom stereocenters. The zero-order valence-electron chi connectivity index (χ0n) is 13.1. The zero-order chi connectivity index (χ0) is 15.7. The summed E-state index contributed by atoms with van der Waals surface area (Å²) in [5.41, 5.74) is 0. The number of carboxylic acids is 1. The monoisotopic (exact) mass is 300 g/mol. The molecule has 2 amide bonds. The van der Waals surface area contributed by atoms with Crippen molar-refractivity contribution in [1.82, 2.24) is 10.2 Å². The molecule has 1 aliphatic heterocycles. The van der Waals surface area contributed by atoms with Gasteiger partial charge < -0.3 is 20.1 Å². The van der Waals surface area contributed by atoms with Gasteiger partial charge in [-0.05, 0) is 25.2 Å². The fraction of sp³-hybridized carbons (Fsp3) is 0.867. The van der Waals surface area contributed by atoms with Gasteiger partial charge in [-0.2, -0.15) is 0 Å². The Morgan fingerprint density at radius 1 is 1.43 bits per heavy atom. The van der Waals surface area contributed by atoms with Gasteiger partial charge in [-0.3, -0.25) is 4.79 Å². The quantitative estimate of drug-likeness (QED) is 0.682. The van der Waals surface area contributed by atoms with E-state index in [0.717, 1.165) is 32.4 Å². The maximum atomic E-state index is 12.0. The van der Waals surface area contributed by atoms with Gasteiger partial charge in [-0.25, -0.2) is 4.79 Å². The summed E-state index contributed by atoms with van der Waals surface area (Å²) in [6, 6.07) is -0.0123. The predicted molar refractivity (Wildman–Crippen MR) is 80.2 cm³/mol. The Labute approximate surface area is 126 Å². The van der Waals surface area contributed by atoms with Crippen LogP contribution in [0.3, 0.4) is 0 Å². The Bertz CT molecular complexity index is 336. The first kappa shape index (κ1) is 17.8. The second-order valence-electron chi connectivity index (χ2n) is 5.78. The van der Waals surface area contributed by atoms with Crippen molar-refractivity contribution in [2.75, 3.05) is 33.4 Å². The summed E-state index contributed by atoms with van der Waals surface area (Å²) in [5, 5.41) is 11.6. The number of amides is 2. The minimum absolute atomic E-state index is 0.0123. The number of carbonyl (C=O) groups excluding carboxylic acids is 1. The average molecular weight is 300 g/mol. The van der Waals surface area contributed by atoms with Crippen LogP contribution in [0.1, 0.15) is 39.0 Å². The number of aliphatic carboxylic acids is 1. The van der Waals surface area contributed by atoms with Crippen LogP contribution in [0.25, 0.3) is 0 Å². The summed E-state index contributed by atoms with van der Waals surface area (Å²) in [6.07, 6.45) is 3.67. The fourth-order valence-electron chi connectivity index (χ4n) is 2.76. The smallest absolute Gasteiger partial charge is 0.317 e. The van der Waals surface area contributed by atoms with Crippen LogP contribution in [0.2, 0.25) is 0 Å². The summed E-state index contributed by atoms with van der Waals surface area (Å²) in [5.74, 6) is 0.0552. The van der Waals surface area contributed by atoms with Crippen molar-refractivity contribution in [2.45, 2.75) is 39.0 Å². The standard InChI is InChI=1S/C15H28N2O4/c1-3-12(4-5-14(18)19)6-8-16-15(20)17-9-7-13(10-17)11-21-2/h12-13H,3-11H2,1-2H3,(H,16,20)(H,18,19). The molecule has 0 saturated carbocycles. The molecule has 6 heteroatoms. The molecule has 1 fully saturated rings. The third kappa shape index (κ3) is 6.80. The number of rotatable bonds is 9. The van der Waals surface area contributed by atoms with Gasteiger partial charge >= 0.3 is 12.0 Å². The first-order valence-corrected chi connectivity index (χ1v) is 7.80. The molecule has 2 unspecified atom stereocenters. The number of hydrogen-bond acceptors (Lipinski definition) is 3. The third-order valence-electron chi connectivity index (χ3n) is 4.15. The van der Waals surface area contributed by atoms with E-state index in [0.29, 0.717) is 31.4 Å². The van der Waals surface area contributed by atoms with E-state index in [-0.39, 0.29) is 12.5 Å². The highest BCUT2D eigenvalue weighted by Gasteiger charge is 2.25. The van der Waals surface area contributed by atoms with Crippen molar-refractivity contribution in [3.05, 3.63) is 0 Å². The summed E-state index contributed by atoms with van der Waals surface area (Å²) >= 11 is 0. The van der Waals surface area contributed by atoms with Crippen LogP contribution in [-0.2, 0) is 9.53 Å². The number of carboxylic acid groups (broad SMARTS) is 1. The van der Waals surface area contributed by atoms with E-state index >= 15 is 0 Å². The van der Waals surface area contributed by atoms with Crippen LogP contribution < -0.4 is 5.32 Å². The minimum Gasteiger partial charge on any atom is -0.481 e. The molecule has 2 N–H and O–H groups in total. The molecule has 0 radical (unpaired) electrons. The number of ether oxygens (including phenoxy) is 1. The number of nitrogens with one attached hydrogen (secondary N) is 1. The Kier molecular flexibility index (Phi) is 8.12. The second-order valence-corrected chi connectivity index (χ2v) is 5.78. The number of methoxy groups -OCH3 is 1. The molecule has 1 saturated heterocycles. The number of carbonyl (C=O) groups is 2. The van der Waals surface area contributed by atoms with E-state index < -0.39 is 5.97 Å². The first-order chi connectivity index (χ1) is 10.1. The fourth-order valence-corrected chi connectivity index (χ4v) is 2.76. The molecule has 0 aliphatic carbocycles. The van der Waals surface area contributed by atoms with Crippen molar-refractivity contribution in [3.8, 4) is 0 Å². The Morgan fingerprint density at radius 2 is 2.19 bits per heavy atom. The van der Waals surface area contributed by atoms with Gasteiger partial charge in [0.15, 0.2) is 0 Å². The maximum Gasteiger partial charge on any atom is 0.317 e. The molecule has 1 aliphatic rings. The molecule has 21 heavy (non-hydrogen) atoms. The van der Waals surface area contributed by atoms with E-state index in [4.69, 9.17) is 9.84 Å².